The van der Waals surface area contributed by atoms with Crippen molar-refractivity contribution in [2.24, 2.45) is 0 Å². The van der Waals surface area contributed by atoms with Crippen molar-refractivity contribution < 1.29 is 13.9 Å². The zero-order valence-corrected chi connectivity index (χ0v) is 17.1. The van der Waals surface area contributed by atoms with Gasteiger partial charge in [-0.1, -0.05) is 54.2 Å². The van der Waals surface area contributed by atoms with Gasteiger partial charge < -0.3 is 14.8 Å². The van der Waals surface area contributed by atoms with Crippen LogP contribution in [0.5, 0.6) is 11.5 Å². The molecule has 2 aromatic rings. The van der Waals surface area contributed by atoms with Crippen LogP contribution in [-0.2, 0) is 13.2 Å². The van der Waals surface area contributed by atoms with E-state index < -0.39 is 0 Å². The molecule has 0 amide bonds. The minimum Gasteiger partial charge on any atom is -0.493 e. The predicted molar refractivity (Wildman–Crippen MR) is 107 cm³/mol. The van der Waals surface area contributed by atoms with Gasteiger partial charge in [0, 0.05) is 11.0 Å². The Morgan fingerprint density at radius 1 is 1.04 bits per heavy atom. The normalized spacial score (nSPS) is 10.8. The number of rotatable bonds is 11. The number of hydrogen-bond acceptors (Lipinski definition) is 3. The highest BCUT2D eigenvalue weighted by molar-refractivity contribution is 9.10. The summed E-state index contributed by atoms with van der Waals surface area (Å²) in [5.74, 6) is 1.11. The lowest BCUT2D eigenvalue weighted by Gasteiger charge is -2.14. The molecule has 0 unspecified atom stereocenters. The van der Waals surface area contributed by atoms with Crippen molar-refractivity contribution in [3.63, 3.8) is 0 Å². The van der Waals surface area contributed by atoms with E-state index in [1.165, 1.54) is 37.8 Å². The van der Waals surface area contributed by atoms with E-state index in [1.807, 2.05) is 12.1 Å². The molecule has 0 aromatic heterocycles. The molecule has 26 heavy (non-hydrogen) atoms. The van der Waals surface area contributed by atoms with E-state index in [1.54, 1.807) is 19.2 Å². The maximum atomic E-state index is 13.0. The SMILES string of the molecule is CCCCCCNCc1cc(OC)c(OCc2ccc(F)cc2)cc1Br. The van der Waals surface area contributed by atoms with Crippen LogP contribution in [0.2, 0.25) is 0 Å². The first-order valence-corrected chi connectivity index (χ1v) is 9.87. The molecule has 142 valence electrons. The first-order valence-electron chi connectivity index (χ1n) is 9.08. The van der Waals surface area contributed by atoms with E-state index in [4.69, 9.17) is 9.47 Å². The van der Waals surface area contributed by atoms with E-state index in [-0.39, 0.29) is 5.82 Å². The van der Waals surface area contributed by atoms with Gasteiger partial charge in [-0.3, -0.25) is 0 Å². The van der Waals surface area contributed by atoms with Crippen LogP contribution < -0.4 is 14.8 Å². The van der Waals surface area contributed by atoms with Gasteiger partial charge >= 0.3 is 0 Å². The summed E-state index contributed by atoms with van der Waals surface area (Å²) in [7, 11) is 1.63. The van der Waals surface area contributed by atoms with Crippen molar-refractivity contribution in [1.82, 2.24) is 5.32 Å². The van der Waals surface area contributed by atoms with Crippen LogP contribution in [0.4, 0.5) is 4.39 Å². The molecule has 0 saturated carbocycles. The quantitative estimate of drug-likeness (QED) is 0.460. The monoisotopic (exact) mass is 423 g/mol. The first kappa shape index (κ1) is 20.7. The molecule has 0 spiro atoms. The number of halogens is 2. The average molecular weight is 424 g/mol. The van der Waals surface area contributed by atoms with Crippen molar-refractivity contribution in [1.29, 1.82) is 0 Å². The van der Waals surface area contributed by atoms with Crippen molar-refractivity contribution >= 4 is 15.9 Å². The van der Waals surface area contributed by atoms with Crippen LogP contribution in [0.1, 0.15) is 43.7 Å². The second kappa shape index (κ2) is 11.2. The van der Waals surface area contributed by atoms with Crippen molar-refractivity contribution in [3.8, 4) is 11.5 Å². The summed E-state index contributed by atoms with van der Waals surface area (Å²) in [5.41, 5.74) is 2.04. The minimum atomic E-state index is -0.249. The molecule has 2 rings (SSSR count). The zero-order chi connectivity index (χ0) is 18.8. The van der Waals surface area contributed by atoms with Crippen LogP contribution in [0.15, 0.2) is 40.9 Å². The van der Waals surface area contributed by atoms with Gasteiger partial charge in [0.15, 0.2) is 11.5 Å². The Morgan fingerprint density at radius 3 is 2.50 bits per heavy atom. The summed E-state index contributed by atoms with van der Waals surface area (Å²) in [4.78, 5) is 0. The molecule has 0 aliphatic rings. The van der Waals surface area contributed by atoms with E-state index in [0.717, 1.165) is 28.7 Å². The molecule has 0 aliphatic heterocycles. The number of hydrogen-bond donors (Lipinski definition) is 1. The summed E-state index contributed by atoms with van der Waals surface area (Å²) >= 11 is 3.62. The summed E-state index contributed by atoms with van der Waals surface area (Å²) in [6, 6.07) is 10.2. The summed E-state index contributed by atoms with van der Waals surface area (Å²) in [6.07, 6.45) is 5.01. The topological polar surface area (TPSA) is 30.5 Å². The lowest BCUT2D eigenvalue weighted by atomic mass is 10.1. The minimum absolute atomic E-state index is 0.249. The van der Waals surface area contributed by atoms with Crippen LogP contribution in [0, 0.1) is 5.82 Å². The Balaban J connectivity index is 1.93. The van der Waals surface area contributed by atoms with Crippen molar-refractivity contribution in [2.75, 3.05) is 13.7 Å². The number of unbranched alkanes of at least 4 members (excludes halogenated alkanes) is 3. The van der Waals surface area contributed by atoms with Crippen LogP contribution in [-0.4, -0.2) is 13.7 Å². The third-order valence-corrected chi connectivity index (χ3v) is 4.90. The van der Waals surface area contributed by atoms with Gasteiger partial charge in [-0.15, -0.1) is 0 Å². The lowest BCUT2D eigenvalue weighted by Crippen LogP contribution is -2.15. The molecule has 0 heterocycles. The first-order chi connectivity index (χ1) is 12.6. The van der Waals surface area contributed by atoms with Gasteiger partial charge in [0.2, 0.25) is 0 Å². The van der Waals surface area contributed by atoms with Gasteiger partial charge in [-0.05, 0) is 48.4 Å². The summed E-state index contributed by atoms with van der Waals surface area (Å²) < 4.78 is 25.3. The molecule has 5 heteroatoms. The zero-order valence-electron chi connectivity index (χ0n) is 15.5. The molecule has 0 fully saturated rings. The molecule has 0 radical (unpaired) electrons. The highest BCUT2D eigenvalue weighted by Gasteiger charge is 2.10. The molecule has 0 aliphatic carbocycles. The number of methoxy groups -OCH3 is 1. The highest BCUT2D eigenvalue weighted by atomic mass is 79.9. The molecule has 2 aromatic carbocycles. The van der Waals surface area contributed by atoms with E-state index in [9.17, 15) is 4.39 Å². The third-order valence-electron chi connectivity index (χ3n) is 4.16. The molecule has 0 atom stereocenters. The Bertz CT molecular complexity index is 676. The molecular formula is C21H27BrFNO2. The Hall–Kier alpha value is -1.59. The molecule has 0 bridgehead atoms. The molecule has 0 saturated heterocycles. The van der Waals surface area contributed by atoms with Gasteiger partial charge in [0.1, 0.15) is 12.4 Å². The van der Waals surface area contributed by atoms with E-state index in [2.05, 4.69) is 28.2 Å². The van der Waals surface area contributed by atoms with Crippen LogP contribution in [0.25, 0.3) is 0 Å². The van der Waals surface area contributed by atoms with Gasteiger partial charge in [-0.25, -0.2) is 4.39 Å². The fourth-order valence-corrected chi connectivity index (χ4v) is 3.09. The third kappa shape index (κ3) is 6.61. The Morgan fingerprint density at radius 2 is 1.81 bits per heavy atom. The van der Waals surface area contributed by atoms with Crippen LogP contribution in [0.3, 0.4) is 0 Å². The maximum absolute atomic E-state index is 13.0. The fraction of sp³-hybridized carbons (Fsp3) is 0.429. The van der Waals surface area contributed by atoms with E-state index in [0.29, 0.717) is 18.1 Å². The largest absolute Gasteiger partial charge is 0.493 e. The lowest BCUT2D eigenvalue weighted by molar-refractivity contribution is 0.284. The molecule has 3 nitrogen and oxygen atoms in total. The summed E-state index contributed by atoms with van der Waals surface area (Å²) in [6.45, 7) is 4.37. The maximum Gasteiger partial charge on any atom is 0.162 e. The number of nitrogens with one attached hydrogen (secondary N) is 1. The van der Waals surface area contributed by atoms with Crippen LogP contribution >= 0.6 is 15.9 Å². The van der Waals surface area contributed by atoms with Gasteiger partial charge in [0.05, 0.1) is 7.11 Å². The summed E-state index contributed by atoms with van der Waals surface area (Å²) in [5, 5.41) is 3.47. The number of benzene rings is 2. The van der Waals surface area contributed by atoms with Crippen molar-refractivity contribution in [3.05, 3.63) is 57.8 Å². The average Bonchev–Trinajstić information content (AvgIpc) is 2.65. The van der Waals surface area contributed by atoms with Gasteiger partial charge in [0.25, 0.3) is 0 Å². The van der Waals surface area contributed by atoms with Gasteiger partial charge in [-0.2, -0.15) is 0 Å². The van der Waals surface area contributed by atoms with E-state index >= 15 is 0 Å². The number of ether oxygens (including phenoxy) is 2. The molecule has 1 N–H and O–H groups in total. The Kier molecular flexibility index (Phi) is 8.92. The second-order valence-electron chi connectivity index (χ2n) is 6.25. The fourth-order valence-electron chi connectivity index (χ4n) is 2.63. The smallest absolute Gasteiger partial charge is 0.162 e. The molecular weight excluding hydrogens is 397 g/mol. The second-order valence-corrected chi connectivity index (χ2v) is 7.10. The highest BCUT2D eigenvalue weighted by Crippen LogP contribution is 2.34. The van der Waals surface area contributed by atoms with Crippen molar-refractivity contribution in [2.45, 2.75) is 45.8 Å². The predicted octanol–water partition coefficient (Wildman–Crippen LogP) is 5.85. The standard InChI is InChI=1S/C21H27BrFNO2/c1-3-4-5-6-11-24-14-17-12-20(25-2)21(13-19(17)22)26-15-16-7-9-18(23)10-8-16/h7-10,12-13,24H,3-6,11,14-15H2,1-2H3. The Labute approximate surface area is 164 Å².